The number of benzene rings is 1. The predicted molar refractivity (Wildman–Crippen MR) is 115 cm³/mol. The molecular formula is C23H28ClN3O. The van der Waals surface area contributed by atoms with E-state index in [1.165, 1.54) is 5.56 Å². The van der Waals surface area contributed by atoms with E-state index in [4.69, 9.17) is 11.6 Å². The molecule has 3 aromatic rings. The van der Waals surface area contributed by atoms with Crippen LogP contribution in [-0.4, -0.2) is 15.0 Å². The van der Waals surface area contributed by atoms with Crippen LogP contribution in [0.4, 0.5) is 0 Å². The molecule has 0 saturated carbocycles. The highest BCUT2D eigenvalue weighted by Crippen LogP contribution is 2.31. The standard InChI is InChI=1S/C23H28ClN3O/c1-6-18-19(24)22(27-13-7-8-14-27)26(5)20(18)21(28)25-15-16-9-11-17(12-10-16)23(2,3)4/h7-14H,6,15H2,1-5H3,(H,25,28). The number of hydrogen-bond donors (Lipinski definition) is 1. The van der Waals surface area contributed by atoms with Crippen molar-refractivity contribution in [1.29, 1.82) is 0 Å². The zero-order valence-electron chi connectivity index (χ0n) is 17.2. The van der Waals surface area contributed by atoms with Gasteiger partial charge in [-0.2, -0.15) is 0 Å². The van der Waals surface area contributed by atoms with Crippen LogP contribution >= 0.6 is 11.6 Å². The summed E-state index contributed by atoms with van der Waals surface area (Å²) in [7, 11) is 1.88. The third-order valence-electron chi connectivity index (χ3n) is 5.09. The van der Waals surface area contributed by atoms with E-state index < -0.39 is 0 Å². The molecule has 28 heavy (non-hydrogen) atoms. The fourth-order valence-corrected chi connectivity index (χ4v) is 3.90. The summed E-state index contributed by atoms with van der Waals surface area (Å²) < 4.78 is 3.81. The molecule has 1 N–H and O–H groups in total. The molecule has 2 aromatic heterocycles. The second-order valence-electron chi connectivity index (χ2n) is 8.10. The molecule has 0 aliphatic carbocycles. The van der Waals surface area contributed by atoms with Crippen molar-refractivity contribution in [3.05, 3.63) is 76.2 Å². The smallest absolute Gasteiger partial charge is 0.268 e. The normalized spacial score (nSPS) is 11.6. The van der Waals surface area contributed by atoms with E-state index in [9.17, 15) is 4.79 Å². The number of hydrogen-bond acceptors (Lipinski definition) is 1. The lowest BCUT2D eigenvalue weighted by molar-refractivity contribution is 0.0941. The molecule has 4 nitrogen and oxygen atoms in total. The number of carbonyl (C=O) groups is 1. The maximum Gasteiger partial charge on any atom is 0.268 e. The van der Waals surface area contributed by atoms with Gasteiger partial charge in [0, 0.05) is 31.5 Å². The molecule has 0 bridgehead atoms. The van der Waals surface area contributed by atoms with Crippen molar-refractivity contribution < 1.29 is 4.79 Å². The molecular weight excluding hydrogens is 370 g/mol. The van der Waals surface area contributed by atoms with Crippen LogP contribution in [0.5, 0.6) is 0 Å². The van der Waals surface area contributed by atoms with Gasteiger partial charge in [-0.15, -0.1) is 0 Å². The lowest BCUT2D eigenvalue weighted by atomic mass is 9.87. The lowest BCUT2D eigenvalue weighted by Crippen LogP contribution is -2.26. The minimum atomic E-state index is -0.112. The van der Waals surface area contributed by atoms with Gasteiger partial charge in [0.1, 0.15) is 11.5 Å². The van der Waals surface area contributed by atoms with Gasteiger partial charge in [-0.05, 0) is 35.1 Å². The summed E-state index contributed by atoms with van der Waals surface area (Å²) in [5, 5.41) is 3.67. The lowest BCUT2D eigenvalue weighted by Gasteiger charge is -2.19. The van der Waals surface area contributed by atoms with Gasteiger partial charge in [0.15, 0.2) is 0 Å². The Bertz CT molecular complexity index is 961. The molecule has 0 atom stereocenters. The third kappa shape index (κ3) is 3.88. The van der Waals surface area contributed by atoms with Crippen molar-refractivity contribution in [3.63, 3.8) is 0 Å². The maximum absolute atomic E-state index is 13.0. The summed E-state index contributed by atoms with van der Waals surface area (Å²) in [5.41, 5.74) is 3.95. The summed E-state index contributed by atoms with van der Waals surface area (Å²) in [6, 6.07) is 12.3. The molecule has 0 aliphatic rings. The van der Waals surface area contributed by atoms with Gasteiger partial charge in [0.2, 0.25) is 0 Å². The van der Waals surface area contributed by atoms with E-state index >= 15 is 0 Å². The van der Waals surface area contributed by atoms with E-state index in [2.05, 4.69) is 50.4 Å². The molecule has 0 fully saturated rings. The number of nitrogens with zero attached hydrogens (tertiary/aromatic N) is 2. The highest BCUT2D eigenvalue weighted by atomic mass is 35.5. The summed E-state index contributed by atoms with van der Waals surface area (Å²) in [4.78, 5) is 13.0. The van der Waals surface area contributed by atoms with Crippen LogP contribution in [-0.2, 0) is 25.4 Å². The van der Waals surface area contributed by atoms with Gasteiger partial charge in [-0.25, -0.2) is 0 Å². The van der Waals surface area contributed by atoms with Gasteiger partial charge >= 0.3 is 0 Å². The Morgan fingerprint density at radius 2 is 1.71 bits per heavy atom. The fourth-order valence-electron chi connectivity index (χ4n) is 3.46. The number of nitrogens with one attached hydrogen (secondary N) is 1. The summed E-state index contributed by atoms with van der Waals surface area (Å²) in [6.45, 7) is 9.07. The highest BCUT2D eigenvalue weighted by Gasteiger charge is 2.24. The fraction of sp³-hybridized carbons (Fsp3) is 0.348. The van der Waals surface area contributed by atoms with Crippen LogP contribution in [0.25, 0.3) is 5.82 Å². The molecule has 0 unspecified atom stereocenters. The molecule has 5 heteroatoms. The van der Waals surface area contributed by atoms with Crippen molar-refractivity contribution in [3.8, 4) is 5.82 Å². The maximum atomic E-state index is 13.0. The molecule has 0 saturated heterocycles. The second kappa shape index (κ2) is 7.88. The van der Waals surface area contributed by atoms with E-state index in [-0.39, 0.29) is 11.3 Å². The largest absolute Gasteiger partial charge is 0.347 e. The number of carbonyl (C=O) groups excluding carboxylic acids is 1. The Kier molecular flexibility index (Phi) is 5.71. The van der Waals surface area contributed by atoms with E-state index in [0.29, 0.717) is 23.7 Å². The number of aromatic nitrogens is 2. The van der Waals surface area contributed by atoms with Crippen LogP contribution in [0.15, 0.2) is 48.8 Å². The number of rotatable bonds is 5. The average Bonchev–Trinajstić information content (AvgIpc) is 3.25. The molecule has 1 aromatic carbocycles. The monoisotopic (exact) mass is 397 g/mol. The Morgan fingerprint density at radius 1 is 1.11 bits per heavy atom. The molecule has 3 rings (SSSR count). The molecule has 2 heterocycles. The summed E-state index contributed by atoms with van der Waals surface area (Å²) in [5.74, 6) is 0.697. The molecule has 0 aliphatic heterocycles. The van der Waals surface area contributed by atoms with Crippen molar-refractivity contribution in [2.24, 2.45) is 7.05 Å². The van der Waals surface area contributed by atoms with E-state index in [1.807, 2.05) is 47.6 Å². The zero-order chi connectivity index (χ0) is 20.5. The van der Waals surface area contributed by atoms with E-state index in [0.717, 1.165) is 16.9 Å². The Balaban J connectivity index is 1.82. The van der Waals surface area contributed by atoms with Gasteiger partial charge in [0.25, 0.3) is 5.91 Å². The first-order valence-electron chi connectivity index (χ1n) is 9.62. The highest BCUT2D eigenvalue weighted by molar-refractivity contribution is 6.33. The average molecular weight is 398 g/mol. The van der Waals surface area contributed by atoms with Gasteiger partial charge in [-0.3, -0.25) is 4.79 Å². The first kappa shape index (κ1) is 20.3. The van der Waals surface area contributed by atoms with Crippen LogP contribution < -0.4 is 5.32 Å². The Hall–Kier alpha value is -2.46. The molecule has 0 radical (unpaired) electrons. The van der Waals surface area contributed by atoms with Crippen LogP contribution in [0.2, 0.25) is 5.02 Å². The van der Waals surface area contributed by atoms with Crippen molar-refractivity contribution >= 4 is 17.5 Å². The van der Waals surface area contributed by atoms with Crippen LogP contribution in [0, 0.1) is 0 Å². The second-order valence-corrected chi connectivity index (χ2v) is 8.48. The quantitative estimate of drug-likeness (QED) is 0.626. The zero-order valence-corrected chi connectivity index (χ0v) is 18.0. The number of halogens is 1. The molecule has 148 valence electrons. The molecule has 1 amide bonds. The topological polar surface area (TPSA) is 39.0 Å². The predicted octanol–water partition coefficient (Wildman–Crippen LogP) is 5.26. The van der Waals surface area contributed by atoms with Crippen molar-refractivity contribution in [2.75, 3.05) is 0 Å². The minimum absolute atomic E-state index is 0.112. The molecule has 0 spiro atoms. The van der Waals surface area contributed by atoms with Crippen molar-refractivity contribution in [1.82, 2.24) is 14.5 Å². The SMILES string of the molecule is CCc1c(Cl)c(-n2cccc2)n(C)c1C(=O)NCc1ccc(C(C)(C)C)cc1. The summed E-state index contributed by atoms with van der Waals surface area (Å²) >= 11 is 6.63. The first-order chi connectivity index (χ1) is 13.2. The van der Waals surface area contributed by atoms with Gasteiger partial charge < -0.3 is 14.5 Å². The number of amides is 1. The third-order valence-corrected chi connectivity index (χ3v) is 5.49. The van der Waals surface area contributed by atoms with E-state index in [1.54, 1.807) is 0 Å². The minimum Gasteiger partial charge on any atom is -0.347 e. The Morgan fingerprint density at radius 3 is 2.25 bits per heavy atom. The first-order valence-corrected chi connectivity index (χ1v) is 9.99. The summed E-state index contributed by atoms with van der Waals surface area (Å²) in [6.07, 6.45) is 4.55. The van der Waals surface area contributed by atoms with Crippen LogP contribution in [0.3, 0.4) is 0 Å². The van der Waals surface area contributed by atoms with Crippen molar-refractivity contribution in [2.45, 2.75) is 46.1 Å². The van der Waals surface area contributed by atoms with Crippen LogP contribution in [0.1, 0.15) is 54.9 Å². The van der Waals surface area contributed by atoms with Gasteiger partial charge in [0.05, 0.1) is 5.02 Å². The Labute approximate surface area is 172 Å². The van der Waals surface area contributed by atoms with Gasteiger partial charge in [-0.1, -0.05) is 63.6 Å².